The Balaban J connectivity index is 1.43. The molecule has 2 aliphatic rings. The second-order valence-electron chi connectivity index (χ2n) is 8.15. The van der Waals surface area contributed by atoms with Gasteiger partial charge in [-0.15, -0.1) is 0 Å². The summed E-state index contributed by atoms with van der Waals surface area (Å²) in [7, 11) is 1.55. The third kappa shape index (κ3) is 4.59. The number of ether oxygens (including phenoxy) is 1. The molecule has 4 rings (SSSR count). The average molecular weight is 437 g/mol. The molecule has 1 aromatic carbocycles. The van der Waals surface area contributed by atoms with Gasteiger partial charge in [0.15, 0.2) is 0 Å². The molecule has 1 aromatic heterocycles. The minimum absolute atomic E-state index is 0.139. The van der Waals surface area contributed by atoms with E-state index in [2.05, 4.69) is 10.3 Å². The highest BCUT2D eigenvalue weighted by Gasteiger charge is 2.42. The SMILES string of the molecule is COc1cccc(C(=O)N2CCC[C@@H]2C(=O)N2CCC[C@H]2C(=O)NCc2ccncc2)c1. The summed E-state index contributed by atoms with van der Waals surface area (Å²) in [4.78, 5) is 46.7. The van der Waals surface area contributed by atoms with Gasteiger partial charge in [0, 0.05) is 37.6 Å². The zero-order valence-electron chi connectivity index (χ0n) is 18.2. The van der Waals surface area contributed by atoms with Crippen LogP contribution in [-0.4, -0.2) is 64.8 Å². The predicted molar refractivity (Wildman–Crippen MR) is 118 cm³/mol. The van der Waals surface area contributed by atoms with Crippen LogP contribution in [0, 0.1) is 0 Å². The zero-order valence-corrected chi connectivity index (χ0v) is 18.2. The molecule has 168 valence electrons. The Hall–Kier alpha value is -3.42. The second-order valence-corrected chi connectivity index (χ2v) is 8.15. The van der Waals surface area contributed by atoms with Gasteiger partial charge in [0.2, 0.25) is 11.8 Å². The lowest BCUT2D eigenvalue weighted by Crippen LogP contribution is -2.52. The van der Waals surface area contributed by atoms with Gasteiger partial charge in [-0.3, -0.25) is 19.4 Å². The zero-order chi connectivity index (χ0) is 22.5. The molecular formula is C24H28N4O4. The summed E-state index contributed by atoms with van der Waals surface area (Å²) in [5.74, 6) is 0.123. The van der Waals surface area contributed by atoms with Gasteiger partial charge in [0.05, 0.1) is 7.11 Å². The van der Waals surface area contributed by atoms with Crippen LogP contribution >= 0.6 is 0 Å². The summed E-state index contributed by atoms with van der Waals surface area (Å²) >= 11 is 0. The van der Waals surface area contributed by atoms with Crippen molar-refractivity contribution in [3.8, 4) is 5.75 Å². The molecule has 2 atom stereocenters. The normalized spacial score (nSPS) is 20.3. The topological polar surface area (TPSA) is 91.8 Å². The van der Waals surface area contributed by atoms with Crippen LogP contribution in [0.5, 0.6) is 5.75 Å². The Morgan fingerprint density at radius 2 is 1.75 bits per heavy atom. The Bertz CT molecular complexity index is 981. The van der Waals surface area contributed by atoms with Crippen molar-refractivity contribution in [3.05, 3.63) is 59.9 Å². The maximum absolute atomic E-state index is 13.4. The van der Waals surface area contributed by atoms with Crippen LogP contribution in [0.4, 0.5) is 0 Å². The Labute approximate surface area is 187 Å². The fourth-order valence-corrected chi connectivity index (χ4v) is 4.49. The quantitative estimate of drug-likeness (QED) is 0.748. The van der Waals surface area contributed by atoms with E-state index in [1.165, 1.54) is 0 Å². The number of aromatic nitrogens is 1. The van der Waals surface area contributed by atoms with Gasteiger partial charge in [-0.1, -0.05) is 6.07 Å². The number of nitrogens with zero attached hydrogens (tertiary/aromatic N) is 3. The van der Waals surface area contributed by atoms with E-state index in [1.54, 1.807) is 53.6 Å². The van der Waals surface area contributed by atoms with Crippen molar-refractivity contribution < 1.29 is 19.1 Å². The van der Waals surface area contributed by atoms with E-state index < -0.39 is 12.1 Å². The molecule has 2 fully saturated rings. The lowest BCUT2D eigenvalue weighted by molar-refractivity contribution is -0.141. The summed E-state index contributed by atoms with van der Waals surface area (Å²) < 4.78 is 5.22. The molecule has 0 saturated carbocycles. The number of carbonyl (C=O) groups is 3. The number of carbonyl (C=O) groups excluding carboxylic acids is 3. The molecule has 8 heteroatoms. The molecule has 2 saturated heterocycles. The molecule has 2 aliphatic heterocycles. The van der Waals surface area contributed by atoms with Crippen molar-refractivity contribution >= 4 is 17.7 Å². The van der Waals surface area contributed by atoms with E-state index in [4.69, 9.17) is 4.74 Å². The molecule has 2 aromatic rings. The molecule has 8 nitrogen and oxygen atoms in total. The van der Waals surface area contributed by atoms with Crippen molar-refractivity contribution in [2.45, 2.75) is 44.3 Å². The van der Waals surface area contributed by atoms with Crippen LogP contribution < -0.4 is 10.1 Å². The van der Waals surface area contributed by atoms with E-state index in [0.717, 1.165) is 18.4 Å². The monoisotopic (exact) mass is 436 g/mol. The van der Waals surface area contributed by atoms with Gasteiger partial charge >= 0.3 is 0 Å². The molecule has 3 heterocycles. The van der Waals surface area contributed by atoms with E-state index in [-0.39, 0.29) is 17.7 Å². The number of nitrogens with one attached hydrogen (secondary N) is 1. The van der Waals surface area contributed by atoms with Crippen molar-refractivity contribution in [1.82, 2.24) is 20.1 Å². The molecule has 3 amide bonds. The van der Waals surface area contributed by atoms with Crippen LogP contribution in [0.1, 0.15) is 41.6 Å². The molecule has 0 bridgehead atoms. The second kappa shape index (κ2) is 9.80. The number of hydrogen-bond donors (Lipinski definition) is 1. The van der Waals surface area contributed by atoms with Crippen LogP contribution in [0.25, 0.3) is 0 Å². The van der Waals surface area contributed by atoms with E-state index >= 15 is 0 Å². The minimum Gasteiger partial charge on any atom is -0.497 e. The maximum Gasteiger partial charge on any atom is 0.254 e. The third-order valence-electron chi connectivity index (χ3n) is 6.17. The Kier molecular flexibility index (Phi) is 6.68. The van der Waals surface area contributed by atoms with E-state index in [0.29, 0.717) is 43.8 Å². The molecule has 0 radical (unpaired) electrons. The van der Waals surface area contributed by atoms with Crippen LogP contribution in [0.3, 0.4) is 0 Å². The molecule has 0 spiro atoms. The maximum atomic E-state index is 13.4. The van der Waals surface area contributed by atoms with Gasteiger partial charge in [0.25, 0.3) is 5.91 Å². The lowest BCUT2D eigenvalue weighted by Gasteiger charge is -2.31. The van der Waals surface area contributed by atoms with Gasteiger partial charge < -0.3 is 19.9 Å². The highest BCUT2D eigenvalue weighted by atomic mass is 16.5. The van der Waals surface area contributed by atoms with Gasteiger partial charge in [-0.2, -0.15) is 0 Å². The van der Waals surface area contributed by atoms with Crippen LogP contribution in [0.2, 0.25) is 0 Å². The third-order valence-corrected chi connectivity index (χ3v) is 6.17. The van der Waals surface area contributed by atoms with Crippen molar-refractivity contribution in [2.24, 2.45) is 0 Å². The number of likely N-dealkylation sites (tertiary alicyclic amines) is 2. The van der Waals surface area contributed by atoms with E-state index in [9.17, 15) is 14.4 Å². The fourth-order valence-electron chi connectivity index (χ4n) is 4.49. The standard InChI is InChI=1S/C24H28N4O4/c1-32-19-6-2-5-18(15-19)23(30)28-14-4-8-21(28)24(31)27-13-3-7-20(27)22(29)26-16-17-9-11-25-12-10-17/h2,5-6,9-12,15,20-21H,3-4,7-8,13-14,16H2,1H3,(H,26,29)/t20-,21+/m0/s1. The highest BCUT2D eigenvalue weighted by Crippen LogP contribution is 2.27. The molecule has 1 N–H and O–H groups in total. The van der Waals surface area contributed by atoms with Gasteiger partial charge in [-0.05, 0) is 61.6 Å². The summed E-state index contributed by atoms with van der Waals surface area (Å²) in [6.45, 7) is 1.45. The predicted octanol–water partition coefficient (Wildman–Crippen LogP) is 2.00. The first-order valence-electron chi connectivity index (χ1n) is 11.0. The Morgan fingerprint density at radius 3 is 2.50 bits per heavy atom. The van der Waals surface area contributed by atoms with Gasteiger partial charge in [-0.25, -0.2) is 0 Å². The number of amides is 3. The number of methoxy groups -OCH3 is 1. The highest BCUT2D eigenvalue weighted by molar-refractivity contribution is 5.99. The molecular weight excluding hydrogens is 408 g/mol. The molecule has 0 unspecified atom stereocenters. The molecule has 0 aliphatic carbocycles. The average Bonchev–Trinajstić information content (AvgIpc) is 3.52. The van der Waals surface area contributed by atoms with Crippen LogP contribution in [0.15, 0.2) is 48.8 Å². The van der Waals surface area contributed by atoms with Crippen molar-refractivity contribution in [1.29, 1.82) is 0 Å². The summed E-state index contributed by atoms with van der Waals surface area (Å²) in [5, 5.41) is 2.93. The Morgan fingerprint density at radius 1 is 1.03 bits per heavy atom. The van der Waals surface area contributed by atoms with Crippen LogP contribution in [-0.2, 0) is 16.1 Å². The smallest absolute Gasteiger partial charge is 0.254 e. The molecule has 32 heavy (non-hydrogen) atoms. The largest absolute Gasteiger partial charge is 0.497 e. The first-order valence-corrected chi connectivity index (χ1v) is 11.0. The van der Waals surface area contributed by atoms with Crippen molar-refractivity contribution in [2.75, 3.05) is 20.2 Å². The summed E-state index contributed by atoms with van der Waals surface area (Å²) in [6.07, 6.45) is 6.14. The first-order chi connectivity index (χ1) is 15.6. The number of hydrogen-bond acceptors (Lipinski definition) is 5. The number of rotatable bonds is 6. The minimum atomic E-state index is -0.540. The number of pyridine rings is 1. The van der Waals surface area contributed by atoms with Crippen molar-refractivity contribution in [3.63, 3.8) is 0 Å². The van der Waals surface area contributed by atoms with Gasteiger partial charge in [0.1, 0.15) is 17.8 Å². The first kappa shape index (κ1) is 21.8. The fraction of sp³-hybridized carbons (Fsp3) is 0.417. The summed E-state index contributed by atoms with van der Waals surface area (Å²) in [5.41, 5.74) is 1.45. The van der Waals surface area contributed by atoms with E-state index in [1.807, 2.05) is 12.1 Å². The summed E-state index contributed by atoms with van der Waals surface area (Å²) in [6, 6.07) is 9.62. The lowest BCUT2D eigenvalue weighted by atomic mass is 10.1. The number of benzene rings is 1.